The molecule has 1 aliphatic rings. The van der Waals surface area contributed by atoms with Gasteiger partial charge in [-0.2, -0.15) is 0 Å². The molecule has 3 rings (SSSR count). The third-order valence-corrected chi connectivity index (χ3v) is 5.65. The number of carbonyl (C=O) groups excluding carboxylic acids is 1. The van der Waals surface area contributed by atoms with Gasteiger partial charge in [0.15, 0.2) is 15.0 Å². The summed E-state index contributed by atoms with van der Waals surface area (Å²) >= 11 is 1.37. The first-order valence-corrected chi connectivity index (χ1v) is 11.7. The van der Waals surface area contributed by atoms with Crippen molar-refractivity contribution in [1.29, 1.82) is 0 Å². The van der Waals surface area contributed by atoms with Crippen molar-refractivity contribution in [1.82, 2.24) is 9.97 Å². The van der Waals surface area contributed by atoms with E-state index in [0.717, 1.165) is 19.1 Å². The number of rotatable bonds is 7. The summed E-state index contributed by atoms with van der Waals surface area (Å²) in [5.74, 6) is 0.430. The van der Waals surface area contributed by atoms with Crippen molar-refractivity contribution >= 4 is 43.6 Å². The summed E-state index contributed by atoms with van der Waals surface area (Å²) in [6, 6.07) is 3.46. The average molecular weight is 407 g/mol. The van der Waals surface area contributed by atoms with E-state index in [9.17, 15) is 13.2 Å². The minimum atomic E-state index is -3.14. The van der Waals surface area contributed by atoms with E-state index in [2.05, 4.69) is 20.6 Å². The molecule has 0 saturated heterocycles. The van der Waals surface area contributed by atoms with E-state index in [-0.39, 0.29) is 11.8 Å². The Bertz CT molecular complexity index is 901. The van der Waals surface area contributed by atoms with Gasteiger partial charge >= 0.3 is 0 Å². The van der Waals surface area contributed by atoms with Gasteiger partial charge in [-0.1, -0.05) is 18.9 Å². The van der Waals surface area contributed by atoms with Gasteiger partial charge in [-0.05, 0) is 30.9 Å². The lowest BCUT2D eigenvalue weighted by molar-refractivity contribution is -0.111. The number of nitrogens with one attached hydrogen (secondary N) is 2. The Kier molecular flexibility index (Phi) is 6.22. The first-order valence-electron chi connectivity index (χ1n) is 8.71. The molecule has 0 unspecified atom stereocenters. The predicted molar refractivity (Wildman–Crippen MR) is 108 cm³/mol. The van der Waals surface area contributed by atoms with Gasteiger partial charge in [0.05, 0.1) is 0 Å². The van der Waals surface area contributed by atoms with E-state index >= 15 is 0 Å². The molecule has 1 saturated carbocycles. The number of carbonyl (C=O) groups is 1. The standard InChI is InChI=1S/C18H22N4O3S2/c1-27(24,25)12-21-16-7-6-14(11-20-16)15(10-13-4-2-3-5-13)17(23)22-18-19-8-9-26-18/h6-11,13H,2-5,12H2,1H3,(H,20,21)(H,19,22,23)/b15-10+. The third kappa shape index (κ3) is 5.86. The first kappa shape index (κ1) is 19.5. The molecule has 9 heteroatoms. The third-order valence-electron chi connectivity index (χ3n) is 4.29. The quantitative estimate of drug-likeness (QED) is 0.685. The van der Waals surface area contributed by atoms with Crippen LogP contribution >= 0.6 is 11.3 Å². The van der Waals surface area contributed by atoms with E-state index in [1.165, 1.54) is 24.2 Å². The minimum Gasteiger partial charge on any atom is -0.356 e. The molecule has 1 aliphatic carbocycles. The summed E-state index contributed by atoms with van der Waals surface area (Å²) in [4.78, 5) is 21.2. The van der Waals surface area contributed by atoms with Crippen LogP contribution in [0.1, 0.15) is 31.2 Å². The molecule has 1 amide bonds. The van der Waals surface area contributed by atoms with E-state index in [1.807, 2.05) is 6.08 Å². The van der Waals surface area contributed by atoms with Crippen molar-refractivity contribution in [2.24, 2.45) is 5.92 Å². The number of hydrogen-bond donors (Lipinski definition) is 2. The van der Waals surface area contributed by atoms with Crippen LogP contribution < -0.4 is 10.6 Å². The van der Waals surface area contributed by atoms with Crippen molar-refractivity contribution in [3.63, 3.8) is 0 Å². The van der Waals surface area contributed by atoms with Crippen LogP contribution in [0.5, 0.6) is 0 Å². The smallest absolute Gasteiger partial charge is 0.257 e. The zero-order valence-corrected chi connectivity index (χ0v) is 16.6. The van der Waals surface area contributed by atoms with Crippen LogP contribution in [0, 0.1) is 5.92 Å². The number of hydrogen-bond acceptors (Lipinski definition) is 7. The monoisotopic (exact) mass is 406 g/mol. The summed E-state index contributed by atoms with van der Waals surface area (Å²) in [6.45, 7) is 0. The summed E-state index contributed by atoms with van der Waals surface area (Å²) in [6.07, 6.45) is 10.9. The fourth-order valence-electron chi connectivity index (χ4n) is 2.98. The van der Waals surface area contributed by atoms with Gasteiger partial charge in [0, 0.05) is 35.2 Å². The molecule has 0 radical (unpaired) electrons. The number of thiazole rings is 1. The van der Waals surface area contributed by atoms with Crippen LogP contribution in [-0.4, -0.2) is 36.4 Å². The number of anilines is 2. The average Bonchev–Trinajstić information content (AvgIpc) is 3.31. The first-order chi connectivity index (χ1) is 12.9. The second-order valence-corrected chi connectivity index (χ2v) is 9.63. The van der Waals surface area contributed by atoms with Gasteiger partial charge in [-0.25, -0.2) is 18.4 Å². The SMILES string of the molecule is CS(=O)(=O)CNc1ccc(/C(=C\C2CCCC2)C(=O)Nc2nccs2)cn1. The molecule has 0 aliphatic heterocycles. The highest BCUT2D eigenvalue weighted by Crippen LogP contribution is 2.30. The van der Waals surface area contributed by atoms with Gasteiger partial charge in [-0.15, -0.1) is 11.3 Å². The van der Waals surface area contributed by atoms with Crippen molar-refractivity contribution in [3.05, 3.63) is 41.5 Å². The van der Waals surface area contributed by atoms with E-state index < -0.39 is 9.84 Å². The molecule has 2 aromatic rings. The van der Waals surface area contributed by atoms with Crippen LogP contribution in [0.3, 0.4) is 0 Å². The van der Waals surface area contributed by atoms with E-state index in [4.69, 9.17) is 0 Å². The molecule has 2 heterocycles. The summed E-state index contributed by atoms with van der Waals surface area (Å²) in [7, 11) is -3.14. The van der Waals surface area contributed by atoms with Gasteiger partial charge in [-0.3, -0.25) is 10.1 Å². The Morgan fingerprint density at radius 1 is 1.30 bits per heavy atom. The number of allylic oxidation sites excluding steroid dienone is 1. The molecular formula is C18H22N4O3S2. The maximum atomic E-state index is 12.8. The summed E-state index contributed by atoms with van der Waals surface area (Å²) in [5, 5.41) is 7.95. The van der Waals surface area contributed by atoms with Crippen LogP contribution in [0.15, 0.2) is 36.0 Å². The summed E-state index contributed by atoms with van der Waals surface area (Å²) in [5.41, 5.74) is 1.26. The Morgan fingerprint density at radius 2 is 2.07 bits per heavy atom. The number of nitrogens with zero attached hydrogens (tertiary/aromatic N) is 2. The number of aromatic nitrogens is 2. The molecule has 144 valence electrons. The number of amides is 1. The Hall–Kier alpha value is -2.26. The molecular weight excluding hydrogens is 384 g/mol. The molecule has 0 aromatic carbocycles. The van der Waals surface area contributed by atoms with Crippen molar-refractivity contribution in [2.45, 2.75) is 25.7 Å². The Morgan fingerprint density at radius 3 is 2.67 bits per heavy atom. The lowest BCUT2D eigenvalue weighted by atomic mass is 9.99. The van der Waals surface area contributed by atoms with Gasteiger partial charge in [0.1, 0.15) is 11.7 Å². The maximum absolute atomic E-state index is 12.8. The normalized spacial score (nSPS) is 15.7. The fourth-order valence-corrected chi connectivity index (χ4v) is 3.91. The molecule has 27 heavy (non-hydrogen) atoms. The predicted octanol–water partition coefficient (Wildman–Crippen LogP) is 3.16. The lowest BCUT2D eigenvalue weighted by Crippen LogP contribution is -2.15. The molecule has 0 atom stereocenters. The second-order valence-electron chi connectivity index (χ2n) is 6.60. The van der Waals surface area contributed by atoms with Crippen LogP contribution in [-0.2, 0) is 14.6 Å². The highest BCUT2D eigenvalue weighted by atomic mass is 32.2. The number of sulfone groups is 1. The molecule has 2 aromatic heterocycles. The lowest BCUT2D eigenvalue weighted by Gasteiger charge is -2.11. The Balaban J connectivity index is 1.80. The van der Waals surface area contributed by atoms with Crippen LogP contribution in [0.4, 0.5) is 10.9 Å². The van der Waals surface area contributed by atoms with Gasteiger partial charge < -0.3 is 5.32 Å². The highest BCUT2D eigenvalue weighted by Gasteiger charge is 2.19. The van der Waals surface area contributed by atoms with Crippen LogP contribution in [0.25, 0.3) is 5.57 Å². The number of pyridine rings is 1. The van der Waals surface area contributed by atoms with Gasteiger partial charge in [0.2, 0.25) is 0 Å². The zero-order chi connectivity index (χ0) is 19.3. The topological polar surface area (TPSA) is 101 Å². The second kappa shape index (κ2) is 8.62. The summed E-state index contributed by atoms with van der Waals surface area (Å²) < 4.78 is 22.5. The van der Waals surface area contributed by atoms with Gasteiger partial charge in [0.25, 0.3) is 5.91 Å². The molecule has 7 nitrogen and oxygen atoms in total. The van der Waals surface area contributed by atoms with Crippen LogP contribution in [0.2, 0.25) is 0 Å². The molecule has 0 bridgehead atoms. The minimum absolute atomic E-state index is 0.186. The fraction of sp³-hybridized carbons (Fsp3) is 0.389. The van der Waals surface area contributed by atoms with Crippen molar-refractivity contribution < 1.29 is 13.2 Å². The van der Waals surface area contributed by atoms with E-state index in [1.54, 1.807) is 29.9 Å². The van der Waals surface area contributed by atoms with Crippen molar-refractivity contribution in [3.8, 4) is 0 Å². The Labute approximate surface area is 162 Å². The zero-order valence-electron chi connectivity index (χ0n) is 15.0. The molecule has 2 N–H and O–H groups in total. The maximum Gasteiger partial charge on any atom is 0.257 e. The largest absolute Gasteiger partial charge is 0.356 e. The van der Waals surface area contributed by atoms with E-state index in [0.29, 0.717) is 28.0 Å². The molecule has 1 fully saturated rings. The highest BCUT2D eigenvalue weighted by molar-refractivity contribution is 7.90. The van der Waals surface area contributed by atoms with Crippen molar-refractivity contribution in [2.75, 3.05) is 22.8 Å². The molecule has 0 spiro atoms.